The largest absolute Gasteiger partial charge is 0.333 e. The van der Waals surface area contributed by atoms with Crippen LogP contribution in [0.2, 0.25) is 0 Å². The zero-order valence-electron chi connectivity index (χ0n) is 14.7. The third-order valence-corrected chi connectivity index (χ3v) is 4.82. The number of nitrogens with zero attached hydrogens (tertiary/aromatic N) is 5. The molecule has 0 bridgehead atoms. The first kappa shape index (κ1) is 16.4. The Bertz CT molecular complexity index is 891. The molecule has 0 aliphatic carbocycles. The second-order valence-electron chi connectivity index (χ2n) is 6.61. The summed E-state index contributed by atoms with van der Waals surface area (Å²) in [6.07, 6.45) is 5.04. The molecule has 1 amide bonds. The van der Waals surface area contributed by atoms with Crippen LogP contribution in [0, 0.1) is 0 Å². The second kappa shape index (κ2) is 7.07. The van der Waals surface area contributed by atoms with E-state index in [9.17, 15) is 4.79 Å². The molecule has 2 aromatic heterocycles. The maximum atomic E-state index is 12.8. The lowest BCUT2D eigenvalue weighted by molar-refractivity contribution is -0.137. The Morgan fingerprint density at radius 1 is 1.08 bits per heavy atom. The number of hydrogen-bond donors (Lipinski definition) is 0. The summed E-state index contributed by atoms with van der Waals surface area (Å²) < 4.78 is 1.98. The molecule has 4 rings (SSSR count). The molecule has 0 spiro atoms. The Labute approximate surface area is 152 Å². The van der Waals surface area contributed by atoms with Crippen LogP contribution in [0.4, 0.5) is 0 Å². The van der Waals surface area contributed by atoms with Gasteiger partial charge in [-0.05, 0) is 30.5 Å². The average Bonchev–Trinajstić information content (AvgIpc) is 3.08. The van der Waals surface area contributed by atoms with Crippen molar-refractivity contribution in [1.29, 1.82) is 0 Å². The zero-order valence-corrected chi connectivity index (χ0v) is 14.7. The van der Waals surface area contributed by atoms with E-state index in [4.69, 9.17) is 0 Å². The van der Waals surface area contributed by atoms with Gasteiger partial charge in [-0.1, -0.05) is 36.4 Å². The molecular formula is C20H21N5O. The third kappa shape index (κ3) is 3.22. The van der Waals surface area contributed by atoms with Crippen LogP contribution in [0.25, 0.3) is 0 Å². The average molecular weight is 347 g/mol. The van der Waals surface area contributed by atoms with Crippen molar-refractivity contribution in [2.75, 3.05) is 6.54 Å². The fraction of sp³-hybridized carbons (Fsp3) is 0.300. The van der Waals surface area contributed by atoms with Gasteiger partial charge in [0.15, 0.2) is 5.82 Å². The van der Waals surface area contributed by atoms with Crippen molar-refractivity contribution in [3.63, 3.8) is 0 Å². The van der Waals surface area contributed by atoms with E-state index in [1.165, 1.54) is 5.56 Å². The van der Waals surface area contributed by atoms with E-state index in [1.807, 2.05) is 52.9 Å². The first-order chi connectivity index (χ1) is 12.7. The van der Waals surface area contributed by atoms with Crippen molar-refractivity contribution < 1.29 is 4.79 Å². The maximum Gasteiger partial charge on any atom is 0.245 e. The Morgan fingerprint density at radius 3 is 2.65 bits per heavy atom. The van der Waals surface area contributed by atoms with Crippen molar-refractivity contribution in [3.8, 4) is 0 Å². The highest BCUT2D eigenvalue weighted by Crippen LogP contribution is 2.24. The summed E-state index contributed by atoms with van der Waals surface area (Å²) in [6, 6.07) is 13.9. The van der Waals surface area contributed by atoms with E-state index in [0.29, 0.717) is 19.5 Å². The van der Waals surface area contributed by atoms with E-state index >= 15 is 0 Å². The summed E-state index contributed by atoms with van der Waals surface area (Å²) in [5.74, 6) is 1.79. The Kier molecular flexibility index (Phi) is 4.48. The molecule has 3 heterocycles. The van der Waals surface area contributed by atoms with Crippen LogP contribution in [-0.2, 0) is 24.2 Å². The molecule has 1 aliphatic rings. The molecule has 1 aromatic carbocycles. The predicted molar refractivity (Wildman–Crippen MR) is 97.3 cm³/mol. The molecule has 6 heteroatoms. The number of fused-ring (bicyclic) bond motifs is 1. The minimum atomic E-state index is -0.281. The standard InChI is InChI=1S/C20H21N5O/c1-15-20(26)24(11-9-16-6-3-2-4-7-16)14-19-23-22-18(25(15)19)12-17-8-5-10-21-13-17/h2-8,10,13,15H,9,11-12,14H2,1H3/t15-/m1/s1. The Morgan fingerprint density at radius 2 is 1.88 bits per heavy atom. The molecule has 0 N–H and O–H groups in total. The number of aromatic nitrogens is 4. The van der Waals surface area contributed by atoms with Crippen LogP contribution in [0.5, 0.6) is 0 Å². The highest BCUT2D eigenvalue weighted by molar-refractivity contribution is 5.81. The van der Waals surface area contributed by atoms with Gasteiger partial charge in [-0.3, -0.25) is 9.78 Å². The number of amides is 1. The van der Waals surface area contributed by atoms with Crippen molar-refractivity contribution in [1.82, 2.24) is 24.6 Å². The van der Waals surface area contributed by atoms with Crippen LogP contribution < -0.4 is 0 Å². The zero-order chi connectivity index (χ0) is 17.9. The minimum Gasteiger partial charge on any atom is -0.333 e. The molecule has 0 radical (unpaired) electrons. The summed E-state index contributed by atoms with van der Waals surface area (Å²) in [5.41, 5.74) is 2.30. The normalized spacial score (nSPS) is 16.6. The number of benzene rings is 1. The van der Waals surface area contributed by atoms with Crippen LogP contribution in [0.1, 0.15) is 35.7 Å². The lowest BCUT2D eigenvalue weighted by Crippen LogP contribution is -2.43. The van der Waals surface area contributed by atoms with Gasteiger partial charge in [0, 0.05) is 25.4 Å². The van der Waals surface area contributed by atoms with Gasteiger partial charge >= 0.3 is 0 Å². The summed E-state index contributed by atoms with van der Waals surface area (Å²) in [5, 5.41) is 8.68. The topological polar surface area (TPSA) is 63.9 Å². The Balaban J connectivity index is 1.51. The van der Waals surface area contributed by atoms with Gasteiger partial charge in [0.05, 0.1) is 6.54 Å². The quantitative estimate of drug-likeness (QED) is 0.711. The van der Waals surface area contributed by atoms with Crippen LogP contribution in [0.15, 0.2) is 54.9 Å². The van der Waals surface area contributed by atoms with E-state index in [2.05, 4.69) is 27.3 Å². The molecule has 3 aromatic rings. The first-order valence-electron chi connectivity index (χ1n) is 8.86. The Hall–Kier alpha value is -3.02. The van der Waals surface area contributed by atoms with E-state index in [1.54, 1.807) is 6.20 Å². The van der Waals surface area contributed by atoms with Crippen LogP contribution >= 0.6 is 0 Å². The SMILES string of the molecule is C[C@@H]1C(=O)N(CCc2ccccc2)Cc2nnc(Cc3cccnc3)n21. The van der Waals surface area contributed by atoms with Gasteiger partial charge in [0.2, 0.25) is 5.91 Å². The minimum absolute atomic E-state index is 0.126. The van der Waals surface area contributed by atoms with Gasteiger partial charge < -0.3 is 9.47 Å². The summed E-state index contributed by atoms with van der Waals surface area (Å²) >= 11 is 0. The van der Waals surface area contributed by atoms with Crippen molar-refractivity contribution >= 4 is 5.91 Å². The van der Waals surface area contributed by atoms with E-state index in [0.717, 1.165) is 23.6 Å². The highest BCUT2D eigenvalue weighted by Gasteiger charge is 2.32. The molecule has 0 fully saturated rings. The number of rotatable bonds is 5. The molecule has 1 atom stereocenters. The molecular weight excluding hydrogens is 326 g/mol. The van der Waals surface area contributed by atoms with Crippen molar-refractivity contribution in [2.45, 2.75) is 32.4 Å². The summed E-state index contributed by atoms with van der Waals surface area (Å²) in [4.78, 5) is 18.9. The first-order valence-corrected chi connectivity index (χ1v) is 8.86. The molecule has 0 saturated heterocycles. The number of hydrogen-bond acceptors (Lipinski definition) is 4. The van der Waals surface area contributed by atoms with Crippen LogP contribution in [-0.4, -0.2) is 37.1 Å². The van der Waals surface area contributed by atoms with Gasteiger partial charge in [-0.2, -0.15) is 0 Å². The third-order valence-electron chi connectivity index (χ3n) is 4.82. The van der Waals surface area contributed by atoms with Gasteiger partial charge in [0.25, 0.3) is 0 Å². The number of carbonyl (C=O) groups excluding carboxylic acids is 1. The van der Waals surface area contributed by atoms with E-state index in [-0.39, 0.29) is 11.9 Å². The lowest BCUT2D eigenvalue weighted by atomic mass is 10.1. The van der Waals surface area contributed by atoms with Gasteiger partial charge in [-0.25, -0.2) is 0 Å². The van der Waals surface area contributed by atoms with Gasteiger partial charge in [0.1, 0.15) is 11.9 Å². The molecule has 0 unspecified atom stereocenters. The number of carbonyl (C=O) groups is 1. The maximum absolute atomic E-state index is 12.8. The monoisotopic (exact) mass is 347 g/mol. The van der Waals surface area contributed by atoms with Crippen molar-refractivity contribution in [3.05, 3.63) is 77.6 Å². The second-order valence-corrected chi connectivity index (χ2v) is 6.61. The fourth-order valence-corrected chi connectivity index (χ4v) is 3.44. The lowest BCUT2D eigenvalue weighted by Gasteiger charge is -2.32. The van der Waals surface area contributed by atoms with Gasteiger partial charge in [-0.15, -0.1) is 10.2 Å². The highest BCUT2D eigenvalue weighted by atomic mass is 16.2. The molecule has 0 saturated carbocycles. The molecule has 6 nitrogen and oxygen atoms in total. The van der Waals surface area contributed by atoms with E-state index < -0.39 is 0 Å². The smallest absolute Gasteiger partial charge is 0.245 e. The molecule has 26 heavy (non-hydrogen) atoms. The fourth-order valence-electron chi connectivity index (χ4n) is 3.44. The predicted octanol–water partition coefficient (Wildman–Crippen LogP) is 2.41. The van der Waals surface area contributed by atoms with Crippen molar-refractivity contribution in [2.24, 2.45) is 0 Å². The summed E-state index contributed by atoms with van der Waals surface area (Å²) in [7, 11) is 0. The number of pyridine rings is 1. The summed E-state index contributed by atoms with van der Waals surface area (Å²) in [6.45, 7) is 3.13. The molecule has 1 aliphatic heterocycles. The molecule has 132 valence electrons. The van der Waals surface area contributed by atoms with Crippen LogP contribution in [0.3, 0.4) is 0 Å².